The first kappa shape index (κ1) is 18.7. The second-order valence-corrected chi connectivity index (χ2v) is 8.41. The summed E-state index contributed by atoms with van der Waals surface area (Å²) >= 11 is 1.25. The summed E-state index contributed by atoms with van der Waals surface area (Å²) in [5.41, 5.74) is 0.284. The molecule has 6 nitrogen and oxygen atoms in total. The monoisotopic (exact) mass is 377 g/mol. The number of carbonyl (C=O) groups is 1. The molecule has 2 aromatic rings. The number of aromatic nitrogens is 3. The van der Waals surface area contributed by atoms with E-state index in [1.807, 2.05) is 11.8 Å². The first-order valence-electron chi connectivity index (χ1n) is 8.77. The van der Waals surface area contributed by atoms with Gasteiger partial charge in [0.25, 0.3) is 0 Å². The Bertz CT molecular complexity index is 786. The highest BCUT2D eigenvalue weighted by atomic mass is 32.2. The highest BCUT2D eigenvalue weighted by molar-refractivity contribution is 8.00. The number of nitrogens with two attached hydrogens (primary N) is 1. The third-order valence-electron chi connectivity index (χ3n) is 4.59. The molecule has 2 heterocycles. The molecule has 0 bridgehead atoms. The molecule has 3 rings (SSSR count). The lowest BCUT2D eigenvalue weighted by Gasteiger charge is -2.36. The molecule has 0 aliphatic carbocycles. The minimum Gasteiger partial charge on any atom is -0.341 e. The highest BCUT2D eigenvalue weighted by Gasteiger charge is 2.29. The molecule has 1 aliphatic heterocycles. The number of piperidine rings is 1. The van der Waals surface area contributed by atoms with Gasteiger partial charge in [0.05, 0.1) is 10.8 Å². The van der Waals surface area contributed by atoms with E-state index >= 15 is 0 Å². The largest absolute Gasteiger partial charge is 0.341 e. The van der Waals surface area contributed by atoms with Crippen LogP contribution in [-0.4, -0.2) is 44.0 Å². The molecule has 2 N–H and O–H groups in total. The minimum atomic E-state index is -0.413. The van der Waals surface area contributed by atoms with Crippen LogP contribution in [-0.2, 0) is 4.79 Å². The van der Waals surface area contributed by atoms with Crippen LogP contribution >= 0.6 is 11.8 Å². The summed E-state index contributed by atoms with van der Waals surface area (Å²) in [7, 11) is 0. The van der Waals surface area contributed by atoms with E-state index in [4.69, 9.17) is 5.84 Å². The molecule has 140 valence electrons. The van der Waals surface area contributed by atoms with Gasteiger partial charge in [0.2, 0.25) is 11.1 Å². The van der Waals surface area contributed by atoms with Gasteiger partial charge in [-0.05, 0) is 37.3 Å². The van der Waals surface area contributed by atoms with E-state index in [1.165, 1.54) is 22.5 Å². The van der Waals surface area contributed by atoms with E-state index in [0.717, 1.165) is 19.5 Å². The van der Waals surface area contributed by atoms with Crippen molar-refractivity contribution < 1.29 is 9.18 Å². The number of hydrogen-bond acceptors (Lipinski definition) is 5. The van der Waals surface area contributed by atoms with Crippen LogP contribution in [0.25, 0.3) is 11.4 Å². The summed E-state index contributed by atoms with van der Waals surface area (Å²) in [4.78, 5) is 14.7. The Labute approximate surface area is 156 Å². The number of thioether (sulfide) groups is 1. The van der Waals surface area contributed by atoms with Crippen LogP contribution in [0.2, 0.25) is 0 Å². The van der Waals surface area contributed by atoms with Crippen LogP contribution in [0.5, 0.6) is 0 Å². The SMILES string of the molecule is CC1CC(C)CN(C(=O)C(C)Sc2nnc(-c3ccccc3F)n2N)C1. The number of rotatable bonds is 4. The van der Waals surface area contributed by atoms with Crippen LogP contribution in [0.3, 0.4) is 0 Å². The molecule has 1 saturated heterocycles. The molecule has 26 heavy (non-hydrogen) atoms. The highest BCUT2D eigenvalue weighted by Crippen LogP contribution is 2.28. The molecule has 1 aromatic heterocycles. The molecule has 1 aromatic carbocycles. The Hall–Kier alpha value is -2.09. The summed E-state index contributed by atoms with van der Waals surface area (Å²) in [6.45, 7) is 7.75. The van der Waals surface area contributed by atoms with Crippen molar-refractivity contribution in [1.29, 1.82) is 0 Å². The van der Waals surface area contributed by atoms with Crippen molar-refractivity contribution in [3.05, 3.63) is 30.1 Å². The molecule has 3 atom stereocenters. The van der Waals surface area contributed by atoms with Crippen LogP contribution in [0.15, 0.2) is 29.4 Å². The van der Waals surface area contributed by atoms with Gasteiger partial charge in [-0.3, -0.25) is 4.79 Å². The van der Waals surface area contributed by atoms with Gasteiger partial charge in [0.1, 0.15) is 5.82 Å². The van der Waals surface area contributed by atoms with Crippen LogP contribution in [0.4, 0.5) is 4.39 Å². The Kier molecular flexibility index (Phi) is 5.50. The normalized spacial score (nSPS) is 21.6. The third kappa shape index (κ3) is 3.85. The predicted octanol–water partition coefficient (Wildman–Crippen LogP) is 2.78. The summed E-state index contributed by atoms with van der Waals surface area (Å²) in [5.74, 6) is 6.97. The summed E-state index contributed by atoms with van der Waals surface area (Å²) in [6, 6.07) is 6.27. The summed E-state index contributed by atoms with van der Waals surface area (Å²) in [6.07, 6.45) is 1.15. The maximum Gasteiger partial charge on any atom is 0.235 e. The van der Waals surface area contributed by atoms with Crippen molar-refractivity contribution in [2.45, 2.75) is 37.6 Å². The van der Waals surface area contributed by atoms with E-state index in [2.05, 4.69) is 24.0 Å². The number of benzene rings is 1. The maximum atomic E-state index is 14.0. The Balaban J connectivity index is 1.73. The van der Waals surface area contributed by atoms with E-state index in [0.29, 0.717) is 17.0 Å². The number of hydrogen-bond donors (Lipinski definition) is 1. The number of nitrogen functional groups attached to an aromatic ring is 1. The standard InChI is InChI=1S/C18H24FN5OS/c1-11-8-12(2)10-23(9-11)17(25)13(3)26-18-22-21-16(24(18)20)14-6-4-5-7-15(14)19/h4-7,11-13H,8-10,20H2,1-3H3. The van der Waals surface area contributed by atoms with Gasteiger partial charge < -0.3 is 10.7 Å². The van der Waals surface area contributed by atoms with Gasteiger partial charge >= 0.3 is 0 Å². The lowest BCUT2D eigenvalue weighted by molar-refractivity contribution is -0.132. The summed E-state index contributed by atoms with van der Waals surface area (Å²) < 4.78 is 15.2. The van der Waals surface area contributed by atoms with E-state index < -0.39 is 5.82 Å². The van der Waals surface area contributed by atoms with Crippen LogP contribution in [0, 0.1) is 17.7 Å². The summed E-state index contributed by atoms with van der Waals surface area (Å²) in [5, 5.41) is 8.09. The van der Waals surface area contributed by atoms with Crippen molar-refractivity contribution in [1.82, 2.24) is 19.8 Å². The average Bonchev–Trinajstić information content (AvgIpc) is 2.94. The Morgan fingerprint density at radius 3 is 2.58 bits per heavy atom. The topological polar surface area (TPSA) is 77.0 Å². The van der Waals surface area contributed by atoms with E-state index in [1.54, 1.807) is 18.2 Å². The average molecular weight is 377 g/mol. The lowest BCUT2D eigenvalue weighted by Crippen LogP contribution is -2.45. The van der Waals surface area contributed by atoms with Gasteiger partial charge in [-0.2, -0.15) is 0 Å². The lowest BCUT2D eigenvalue weighted by atomic mass is 9.92. The molecular weight excluding hydrogens is 353 g/mol. The molecule has 1 fully saturated rings. The number of likely N-dealkylation sites (tertiary alicyclic amines) is 1. The third-order valence-corrected chi connectivity index (χ3v) is 5.63. The number of carbonyl (C=O) groups excluding carboxylic acids is 1. The number of nitrogens with zero attached hydrogens (tertiary/aromatic N) is 4. The minimum absolute atomic E-state index is 0.0730. The second-order valence-electron chi connectivity index (χ2n) is 7.11. The quantitative estimate of drug-likeness (QED) is 0.655. The Morgan fingerprint density at radius 1 is 1.27 bits per heavy atom. The van der Waals surface area contributed by atoms with Gasteiger partial charge in [0.15, 0.2) is 5.82 Å². The van der Waals surface area contributed by atoms with Crippen molar-refractivity contribution in [2.24, 2.45) is 11.8 Å². The fourth-order valence-electron chi connectivity index (χ4n) is 3.49. The van der Waals surface area contributed by atoms with Gasteiger partial charge in [0, 0.05) is 13.1 Å². The van der Waals surface area contributed by atoms with Gasteiger partial charge in [-0.15, -0.1) is 10.2 Å². The van der Waals surface area contributed by atoms with Gasteiger partial charge in [-0.25, -0.2) is 9.07 Å². The van der Waals surface area contributed by atoms with Crippen molar-refractivity contribution in [3.63, 3.8) is 0 Å². The number of amides is 1. The maximum absolute atomic E-state index is 14.0. The molecule has 8 heteroatoms. The van der Waals surface area contributed by atoms with Crippen molar-refractivity contribution >= 4 is 17.7 Å². The van der Waals surface area contributed by atoms with Crippen molar-refractivity contribution in [2.75, 3.05) is 18.9 Å². The van der Waals surface area contributed by atoms with E-state index in [9.17, 15) is 9.18 Å². The molecule has 1 aliphatic rings. The molecule has 3 unspecified atom stereocenters. The smallest absolute Gasteiger partial charge is 0.235 e. The van der Waals surface area contributed by atoms with Gasteiger partial charge in [-0.1, -0.05) is 37.7 Å². The first-order valence-corrected chi connectivity index (χ1v) is 9.65. The molecule has 0 saturated carbocycles. The van der Waals surface area contributed by atoms with Crippen LogP contribution in [0.1, 0.15) is 27.2 Å². The molecular formula is C18H24FN5OS. The predicted molar refractivity (Wildman–Crippen MR) is 100 cm³/mol. The molecule has 0 spiro atoms. The number of halogens is 1. The fourth-order valence-corrected chi connectivity index (χ4v) is 4.35. The Morgan fingerprint density at radius 2 is 1.92 bits per heavy atom. The van der Waals surface area contributed by atoms with Crippen molar-refractivity contribution in [3.8, 4) is 11.4 Å². The fraction of sp³-hybridized carbons (Fsp3) is 0.500. The van der Waals surface area contributed by atoms with Crippen LogP contribution < -0.4 is 5.84 Å². The molecule has 1 amide bonds. The zero-order valence-electron chi connectivity index (χ0n) is 15.2. The second kappa shape index (κ2) is 7.65. The zero-order chi connectivity index (χ0) is 18.8. The molecule has 0 radical (unpaired) electrons. The first-order chi connectivity index (χ1) is 12.4. The van der Waals surface area contributed by atoms with E-state index in [-0.39, 0.29) is 22.5 Å². The zero-order valence-corrected chi connectivity index (χ0v) is 16.0.